The minimum atomic E-state index is -1.61. The molecule has 0 saturated carbocycles. The lowest BCUT2D eigenvalue weighted by Crippen LogP contribution is -2.61. The Morgan fingerprint density at radius 2 is 0.915 bits per heavy atom. The summed E-state index contributed by atoms with van der Waals surface area (Å²) < 4.78 is 17.6. The first-order valence-electron chi connectivity index (χ1n) is 30.5. The molecular weight excluding hydrogens is 895 g/mol. The Bertz CT molecular complexity index is 1210. The Morgan fingerprint density at radius 3 is 1.32 bits per heavy atom. The summed E-state index contributed by atoms with van der Waals surface area (Å²) in [5.41, 5.74) is 0. The van der Waals surface area contributed by atoms with Gasteiger partial charge in [0.1, 0.15) is 24.4 Å². The van der Waals surface area contributed by atoms with Gasteiger partial charge in [0.05, 0.1) is 25.4 Å². The summed E-state index contributed by atoms with van der Waals surface area (Å²) in [5.74, 6) is -1.18. The average molecular weight is 1010 g/mol. The summed E-state index contributed by atoms with van der Waals surface area (Å²) in [6.45, 7) is 5.80. The van der Waals surface area contributed by atoms with Gasteiger partial charge in [0, 0.05) is 6.42 Å². The van der Waals surface area contributed by atoms with Gasteiger partial charge in [0.25, 0.3) is 0 Å². The van der Waals surface area contributed by atoms with Crippen LogP contribution >= 0.6 is 0 Å². The zero-order valence-electron chi connectivity index (χ0n) is 46.4. The highest BCUT2D eigenvalue weighted by atomic mass is 16.7. The first-order valence-corrected chi connectivity index (χ1v) is 30.5. The van der Waals surface area contributed by atoms with Crippen LogP contribution in [0, 0.1) is 0 Å². The minimum Gasteiger partial charge on any atom is -0.454 e. The lowest BCUT2D eigenvalue weighted by Gasteiger charge is -2.41. The van der Waals surface area contributed by atoms with Gasteiger partial charge in [-0.2, -0.15) is 0 Å². The summed E-state index contributed by atoms with van der Waals surface area (Å²) in [7, 11) is 0. The number of carbonyl (C=O) groups is 2. The van der Waals surface area contributed by atoms with E-state index < -0.39 is 67.4 Å². The first-order chi connectivity index (χ1) is 34.7. The highest BCUT2D eigenvalue weighted by molar-refractivity contribution is 5.80. The van der Waals surface area contributed by atoms with Crippen LogP contribution in [0.2, 0.25) is 0 Å². The highest BCUT2D eigenvalue weighted by Gasteiger charge is 2.47. The number of esters is 1. The van der Waals surface area contributed by atoms with E-state index in [9.17, 15) is 35.1 Å². The van der Waals surface area contributed by atoms with Crippen molar-refractivity contribution in [2.24, 2.45) is 0 Å². The van der Waals surface area contributed by atoms with E-state index in [1.165, 1.54) is 193 Å². The molecule has 420 valence electrons. The van der Waals surface area contributed by atoms with Crippen LogP contribution in [0.25, 0.3) is 0 Å². The normalized spacial score (nSPS) is 19.6. The number of ether oxygens (including phenoxy) is 3. The summed E-state index contributed by atoms with van der Waals surface area (Å²) in [6.07, 6.45) is 44.0. The number of hydrogen-bond acceptors (Lipinski definition) is 10. The van der Waals surface area contributed by atoms with Gasteiger partial charge in [-0.05, 0) is 25.7 Å². The molecule has 1 amide bonds. The number of unbranched alkanes of at least 4 members (excludes halogenated alkanes) is 38. The van der Waals surface area contributed by atoms with Crippen molar-refractivity contribution in [1.29, 1.82) is 0 Å². The summed E-state index contributed by atoms with van der Waals surface area (Å²) in [6, 6.07) is -1.01. The third-order valence-corrected chi connectivity index (χ3v) is 14.7. The van der Waals surface area contributed by atoms with E-state index in [2.05, 4.69) is 26.1 Å². The molecule has 1 saturated heterocycles. The van der Waals surface area contributed by atoms with E-state index in [0.717, 1.165) is 57.8 Å². The Labute approximate surface area is 436 Å². The fourth-order valence-corrected chi connectivity index (χ4v) is 9.83. The Hall–Kier alpha value is -1.60. The van der Waals surface area contributed by atoms with E-state index in [-0.39, 0.29) is 13.0 Å². The third-order valence-electron chi connectivity index (χ3n) is 14.7. The van der Waals surface area contributed by atoms with Gasteiger partial charge in [-0.15, -0.1) is 0 Å². The van der Waals surface area contributed by atoms with Crippen LogP contribution in [0.3, 0.4) is 0 Å². The van der Waals surface area contributed by atoms with Crippen molar-refractivity contribution in [3.05, 3.63) is 12.2 Å². The number of carbonyl (C=O) groups excluding carboxylic acids is 2. The highest BCUT2D eigenvalue weighted by Crippen LogP contribution is 2.26. The number of aliphatic hydroxyl groups excluding tert-OH is 5. The Balaban J connectivity index is 2.65. The molecule has 1 fully saturated rings. The fraction of sp³-hybridized carbons (Fsp3) is 0.933. The van der Waals surface area contributed by atoms with Crippen molar-refractivity contribution in [2.45, 2.75) is 346 Å². The number of aliphatic hydroxyl groups is 5. The van der Waals surface area contributed by atoms with Crippen molar-refractivity contribution >= 4 is 11.9 Å². The molecule has 1 heterocycles. The maximum atomic E-state index is 13.3. The molecule has 0 aromatic carbocycles. The van der Waals surface area contributed by atoms with Crippen molar-refractivity contribution in [1.82, 2.24) is 5.32 Å². The van der Waals surface area contributed by atoms with Gasteiger partial charge < -0.3 is 45.1 Å². The summed E-state index contributed by atoms with van der Waals surface area (Å²) in [5, 5.41) is 56.8. The van der Waals surface area contributed by atoms with Crippen molar-refractivity contribution in [3.63, 3.8) is 0 Å². The fourth-order valence-electron chi connectivity index (χ4n) is 9.83. The Morgan fingerprint density at radius 1 is 0.535 bits per heavy atom. The van der Waals surface area contributed by atoms with E-state index in [4.69, 9.17) is 14.2 Å². The number of amides is 1. The third kappa shape index (κ3) is 37.7. The predicted molar refractivity (Wildman–Crippen MR) is 292 cm³/mol. The maximum Gasteiger partial charge on any atom is 0.306 e. The molecule has 6 N–H and O–H groups in total. The van der Waals surface area contributed by atoms with E-state index in [1.807, 2.05) is 6.08 Å². The summed E-state index contributed by atoms with van der Waals surface area (Å²) >= 11 is 0. The molecule has 0 bridgehead atoms. The number of rotatable bonds is 52. The van der Waals surface area contributed by atoms with Crippen LogP contribution in [-0.2, 0) is 23.8 Å². The van der Waals surface area contributed by atoms with E-state index in [0.29, 0.717) is 19.3 Å². The second-order valence-corrected chi connectivity index (χ2v) is 21.5. The lowest BCUT2D eigenvalue weighted by atomic mass is 9.99. The van der Waals surface area contributed by atoms with Crippen molar-refractivity contribution in [3.8, 4) is 0 Å². The van der Waals surface area contributed by atoms with Gasteiger partial charge >= 0.3 is 5.97 Å². The largest absolute Gasteiger partial charge is 0.454 e. The minimum absolute atomic E-state index is 0.132. The van der Waals surface area contributed by atoms with Crippen LogP contribution in [0.5, 0.6) is 0 Å². The molecule has 8 atom stereocenters. The van der Waals surface area contributed by atoms with Crippen molar-refractivity contribution < 1.29 is 49.3 Å². The van der Waals surface area contributed by atoms with Crippen LogP contribution in [-0.4, -0.2) is 99.6 Å². The number of hydrogen-bond donors (Lipinski definition) is 6. The monoisotopic (exact) mass is 1010 g/mol. The molecule has 11 nitrogen and oxygen atoms in total. The lowest BCUT2D eigenvalue weighted by molar-refractivity contribution is -0.305. The van der Waals surface area contributed by atoms with Gasteiger partial charge in [0.2, 0.25) is 5.91 Å². The maximum absolute atomic E-state index is 13.3. The second-order valence-electron chi connectivity index (χ2n) is 21.5. The van der Waals surface area contributed by atoms with Crippen molar-refractivity contribution in [2.75, 3.05) is 13.2 Å². The molecule has 1 rings (SSSR count). The number of nitrogens with one attached hydrogen (secondary N) is 1. The molecule has 0 radical (unpaired) electrons. The quantitative estimate of drug-likeness (QED) is 0.0195. The van der Waals surface area contributed by atoms with Gasteiger partial charge in [-0.25, -0.2) is 0 Å². The van der Waals surface area contributed by atoms with Crippen LogP contribution in [0.4, 0.5) is 0 Å². The van der Waals surface area contributed by atoms with Crippen LogP contribution in [0.15, 0.2) is 12.2 Å². The molecule has 1 aliphatic heterocycles. The molecule has 0 spiro atoms. The molecule has 71 heavy (non-hydrogen) atoms. The topological polar surface area (TPSA) is 175 Å². The van der Waals surface area contributed by atoms with Gasteiger partial charge in [0.15, 0.2) is 12.4 Å². The molecule has 11 heteroatoms. The Kier molecular flexibility index (Phi) is 46.8. The first kappa shape index (κ1) is 67.4. The molecule has 0 aromatic rings. The predicted octanol–water partition coefficient (Wildman–Crippen LogP) is 14.0. The summed E-state index contributed by atoms with van der Waals surface area (Å²) in [4.78, 5) is 26.5. The van der Waals surface area contributed by atoms with Gasteiger partial charge in [-0.1, -0.05) is 277 Å². The van der Waals surface area contributed by atoms with Gasteiger partial charge in [-0.3, -0.25) is 9.59 Å². The SMILES string of the molecule is CCCCCCCCCCCCC/C=C/C(O)C(COC1OC(CO)C(O)C(O)C1OC(=O)CCCCCCCCCCCCCCCCCCCCC)NC(=O)C(O)CCCCCCCCCCCC. The van der Waals surface area contributed by atoms with E-state index in [1.54, 1.807) is 6.08 Å². The smallest absolute Gasteiger partial charge is 0.306 e. The zero-order valence-corrected chi connectivity index (χ0v) is 46.4. The van der Waals surface area contributed by atoms with Crippen LogP contribution < -0.4 is 5.32 Å². The number of allylic oxidation sites excluding steroid dienone is 1. The standard InChI is InChI=1S/C60H115NO10/c1-4-7-10-13-16-19-22-24-25-26-27-28-29-31-33-36-39-42-45-48-55(65)71-58-57(67)56(66)54(49-62)70-60(58)69-50-51(52(63)46-43-40-37-35-32-30-23-20-17-14-11-8-5-2)61-59(68)53(64)47-44-41-38-34-21-18-15-12-9-6-3/h43,46,51-54,56-58,60,62-64,66-67H,4-42,44-45,47-50H2,1-3H3,(H,61,68)/b46-43+. The van der Waals surface area contributed by atoms with E-state index >= 15 is 0 Å². The molecule has 0 aromatic heterocycles. The molecule has 0 aliphatic carbocycles. The molecule has 8 unspecified atom stereocenters. The van der Waals surface area contributed by atoms with Crippen LogP contribution in [0.1, 0.15) is 297 Å². The average Bonchev–Trinajstić information content (AvgIpc) is 3.37. The molecule has 1 aliphatic rings. The second kappa shape index (κ2) is 49.3. The molecular formula is C60H115NO10. The zero-order chi connectivity index (χ0) is 51.8.